The standard InChI is InChI=1S/C10H10OS2/c11-10-12-7-9(13-10)6-8-4-2-1-3-5-8/h1-5,9H,6-7H2. The van der Waals surface area contributed by atoms with Crippen LogP contribution in [0.3, 0.4) is 0 Å². The van der Waals surface area contributed by atoms with Gasteiger partial charge in [-0.2, -0.15) is 0 Å². The molecule has 0 aliphatic carbocycles. The average Bonchev–Trinajstić information content (AvgIpc) is 2.53. The Morgan fingerprint density at radius 2 is 2.08 bits per heavy atom. The molecule has 0 bridgehead atoms. The number of carbonyl (C=O) groups is 1. The van der Waals surface area contributed by atoms with E-state index in [0.717, 1.165) is 12.2 Å². The van der Waals surface area contributed by atoms with E-state index in [1.165, 1.54) is 29.1 Å². The van der Waals surface area contributed by atoms with Gasteiger partial charge in [-0.25, -0.2) is 0 Å². The minimum atomic E-state index is 0.279. The molecule has 0 amide bonds. The van der Waals surface area contributed by atoms with Gasteiger partial charge in [-0.3, -0.25) is 4.79 Å². The molecular formula is C10H10OS2. The van der Waals surface area contributed by atoms with E-state index in [2.05, 4.69) is 12.1 Å². The van der Waals surface area contributed by atoms with Gasteiger partial charge < -0.3 is 0 Å². The number of hydrogen-bond acceptors (Lipinski definition) is 3. The fourth-order valence-corrected chi connectivity index (χ4v) is 3.69. The Labute approximate surface area is 86.3 Å². The first kappa shape index (κ1) is 9.16. The summed E-state index contributed by atoms with van der Waals surface area (Å²) in [4.78, 5) is 11.0. The molecule has 0 saturated carbocycles. The lowest BCUT2D eigenvalue weighted by molar-refractivity contribution is 0.277. The van der Waals surface area contributed by atoms with Crippen molar-refractivity contribution in [1.82, 2.24) is 0 Å². The van der Waals surface area contributed by atoms with E-state index in [0.29, 0.717) is 5.25 Å². The second kappa shape index (κ2) is 4.20. The number of rotatable bonds is 2. The molecule has 1 aliphatic heterocycles. The van der Waals surface area contributed by atoms with E-state index in [9.17, 15) is 4.79 Å². The molecule has 2 rings (SSSR count). The predicted octanol–water partition coefficient (Wildman–Crippen LogP) is 3.20. The van der Waals surface area contributed by atoms with Crippen molar-refractivity contribution in [2.75, 3.05) is 5.75 Å². The van der Waals surface area contributed by atoms with Crippen LogP contribution in [0.1, 0.15) is 5.56 Å². The highest BCUT2D eigenvalue weighted by atomic mass is 32.2. The molecule has 1 nitrogen and oxygen atoms in total. The van der Waals surface area contributed by atoms with Crippen LogP contribution in [0.5, 0.6) is 0 Å². The van der Waals surface area contributed by atoms with Crippen LogP contribution in [0.2, 0.25) is 0 Å². The first-order chi connectivity index (χ1) is 6.34. The van der Waals surface area contributed by atoms with Crippen molar-refractivity contribution in [2.45, 2.75) is 11.7 Å². The summed E-state index contributed by atoms with van der Waals surface area (Å²) >= 11 is 2.93. The molecule has 1 aromatic rings. The van der Waals surface area contributed by atoms with Crippen molar-refractivity contribution in [3.63, 3.8) is 0 Å². The second-order valence-corrected chi connectivity index (χ2v) is 5.51. The Kier molecular flexibility index (Phi) is 2.96. The van der Waals surface area contributed by atoms with Crippen molar-refractivity contribution < 1.29 is 4.79 Å². The van der Waals surface area contributed by atoms with Crippen LogP contribution >= 0.6 is 23.5 Å². The summed E-state index contributed by atoms with van der Waals surface area (Å²) in [7, 11) is 0. The summed E-state index contributed by atoms with van der Waals surface area (Å²) in [5.41, 5.74) is 1.33. The highest BCUT2D eigenvalue weighted by Gasteiger charge is 2.23. The summed E-state index contributed by atoms with van der Waals surface area (Å²) < 4.78 is 0.279. The summed E-state index contributed by atoms with van der Waals surface area (Å²) in [5.74, 6) is 0.971. The topological polar surface area (TPSA) is 17.1 Å². The fraction of sp³-hybridized carbons (Fsp3) is 0.300. The molecule has 1 aromatic carbocycles. The highest BCUT2D eigenvalue weighted by Crippen LogP contribution is 2.34. The molecular weight excluding hydrogens is 200 g/mol. The molecule has 1 unspecified atom stereocenters. The molecule has 0 N–H and O–H groups in total. The van der Waals surface area contributed by atoms with Crippen molar-refractivity contribution in [3.8, 4) is 0 Å². The predicted molar refractivity (Wildman–Crippen MR) is 59.4 cm³/mol. The Morgan fingerprint density at radius 1 is 1.31 bits per heavy atom. The van der Waals surface area contributed by atoms with Gasteiger partial charge in [0.25, 0.3) is 0 Å². The number of hydrogen-bond donors (Lipinski definition) is 0. The zero-order chi connectivity index (χ0) is 9.10. The Balaban J connectivity index is 1.96. The first-order valence-electron chi connectivity index (χ1n) is 4.22. The Hall–Kier alpha value is -0.410. The van der Waals surface area contributed by atoms with Gasteiger partial charge in [0.05, 0.1) is 0 Å². The quantitative estimate of drug-likeness (QED) is 0.746. The van der Waals surface area contributed by atoms with Gasteiger partial charge in [-0.15, -0.1) is 0 Å². The smallest absolute Gasteiger partial charge is 0.246 e. The van der Waals surface area contributed by atoms with Crippen LogP contribution in [-0.4, -0.2) is 15.5 Å². The van der Waals surface area contributed by atoms with Crippen molar-refractivity contribution >= 4 is 28.0 Å². The molecule has 13 heavy (non-hydrogen) atoms. The number of benzene rings is 1. The van der Waals surface area contributed by atoms with E-state index in [-0.39, 0.29) is 4.45 Å². The maximum atomic E-state index is 11.0. The molecule has 1 atom stereocenters. The Bertz CT molecular complexity index is 297. The molecule has 0 aromatic heterocycles. The van der Waals surface area contributed by atoms with Crippen molar-refractivity contribution in [3.05, 3.63) is 35.9 Å². The highest BCUT2D eigenvalue weighted by molar-refractivity contribution is 8.41. The molecule has 68 valence electrons. The zero-order valence-corrected chi connectivity index (χ0v) is 8.74. The maximum absolute atomic E-state index is 11.0. The lowest BCUT2D eigenvalue weighted by atomic mass is 10.1. The lowest BCUT2D eigenvalue weighted by Gasteiger charge is -2.05. The van der Waals surface area contributed by atoms with Crippen LogP contribution in [0.4, 0.5) is 4.79 Å². The van der Waals surface area contributed by atoms with Crippen molar-refractivity contribution in [1.29, 1.82) is 0 Å². The van der Waals surface area contributed by atoms with Crippen LogP contribution in [0, 0.1) is 0 Å². The molecule has 1 heterocycles. The van der Waals surface area contributed by atoms with Crippen molar-refractivity contribution in [2.24, 2.45) is 0 Å². The van der Waals surface area contributed by atoms with E-state index < -0.39 is 0 Å². The number of thioether (sulfide) groups is 2. The minimum absolute atomic E-state index is 0.279. The minimum Gasteiger partial charge on any atom is -0.274 e. The van der Waals surface area contributed by atoms with Gasteiger partial charge >= 0.3 is 0 Å². The summed E-state index contributed by atoms with van der Waals surface area (Å²) in [6.07, 6.45) is 1.02. The molecule has 1 aliphatic rings. The van der Waals surface area contributed by atoms with E-state index >= 15 is 0 Å². The summed E-state index contributed by atoms with van der Waals surface area (Å²) in [5, 5.41) is 0.486. The largest absolute Gasteiger partial charge is 0.274 e. The normalized spacial score (nSPS) is 22.2. The van der Waals surface area contributed by atoms with Gasteiger partial charge in [-0.1, -0.05) is 53.9 Å². The molecule has 0 radical (unpaired) electrons. The van der Waals surface area contributed by atoms with Crippen LogP contribution in [-0.2, 0) is 6.42 Å². The zero-order valence-electron chi connectivity index (χ0n) is 7.10. The van der Waals surface area contributed by atoms with E-state index in [4.69, 9.17) is 0 Å². The summed E-state index contributed by atoms with van der Waals surface area (Å²) in [6, 6.07) is 10.3. The monoisotopic (exact) mass is 210 g/mol. The molecule has 3 heteroatoms. The van der Waals surface area contributed by atoms with E-state index in [1.54, 1.807) is 0 Å². The molecule has 1 fully saturated rings. The van der Waals surface area contributed by atoms with Crippen LogP contribution in [0.15, 0.2) is 30.3 Å². The summed E-state index contributed by atoms with van der Waals surface area (Å²) in [6.45, 7) is 0. The van der Waals surface area contributed by atoms with E-state index in [1.807, 2.05) is 18.2 Å². The third-order valence-electron chi connectivity index (χ3n) is 1.96. The first-order valence-corrected chi connectivity index (χ1v) is 6.08. The van der Waals surface area contributed by atoms with Gasteiger partial charge in [0, 0.05) is 11.0 Å². The lowest BCUT2D eigenvalue weighted by Crippen LogP contribution is -2.04. The second-order valence-electron chi connectivity index (χ2n) is 2.99. The maximum Gasteiger partial charge on any atom is 0.246 e. The third-order valence-corrected chi connectivity index (χ3v) is 4.47. The van der Waals surface area contributed by atoms with Crippen LogP contribution < -0.4 is 0 Å². The van der Waals surface area contributed by atoms with Gasteiger partial charge in [0.1, 0.15) is 0 Å². The SMILES string of the molecule is O=C1SCC(Cc2ccccc2)S1. The third kappa shape index (κ3) is 2.51. The van der Waals surface area contributed by atoms with Gasteiger partial charge in [0.15, 0.2) is 0 Å². The van der Waals surface area contributed by atoms with Gasteiger partial charge in [0.2, 0.25) is 4.45 Å². The van der Waals surface area contributed by atoms with Gasteiger partial charge in [-0.05, 0) is 12.0 Å². The Morgan fingerprint density at radius 3 is 2.69 bits per heavy atom. The molecule has 1 saturated heterocycles. The van der Waals surface area contributed by atoms with Crippen LogP contribution in [0.25, 0.3) is 0 Å². The number of carbonyl (C=O) groups excluding carboxylic acids is 1. The molecule has 0 spiro atoms. The fourth-order valence-electron chi connectivity index (χ4n) is 1.34. The average molecular weight is 210 g/mol.